The van der Waals surface area contributed by atoms with Crippen molar-refractivity contribution in [3.63, 3.8) is 0 Å². The monoisotopic (exact) mass is 256 g/mol. The highest BCUT2D eigenvalue weighted by Gasteiger charge is 2.47. The van der Waals surface area contributed by atoms with E-state index >= 15 is 0 Å². The third kappa shape index (κ3) is 3.53. The van der Waals surface area contributed by atoms with Crippen molar-refractivity contribution < 1.29 is 13.2 Å². The van der Waals surface area contributed by atoms with E-state index < -0.39 is 18.3 Å². The van der Waals surface area contributed by atoms with Crippen molar-refractivity contribution in [1.82, 2.24) is 4.90 Å². The lowest BCUT2D eigenvalue weighted by Gasteiger charge is -2.40. The van der Waals surface area contributed by atoms with Crippen LogP contribution in [-0.2, 0) is 0 Å². The molecule has 1 aliphatic heterocycles. The molecule has 0 saturated carbocycles. The molecule has 0 amide bonds. The Hall–Kier alpha value is 0.0600. The highest BCUT2D eigenvalue weighted by Crippen LogP contribution is 2.31. The molecule has 0 aromatic heterocycles. The standard InChI is InChI=1S/C10H19F3N2S/c1-3-8(14)9(10(11,12)13)15-4-5-16-7(2)6-15/h7-9H,3-6,14H2,1-2H3. The van der Waals surface area contributed by atoms with Gasteiger partial charge in [-0.3, -0.25) is 4.90 Å². The van der Waals surface area contributed by atoms with Gasteiger partial charge in [-0.25, -0.2) is 0 Å². The van der Waals surface area contributed by atoms with Gasteiger partial charge in [-0.05, 0) is 6.42 Å². The minimum atomic E-state index is -4.23. The average molecular weight is 256 g/mol. The first kappa shape index (κ1) is 14.1. The first-order valence-electron chi connectivity index (χ1n) is 5.54. The van der Waals surface area contributed by atoms with Crippen LogP contribution in [0.25, 0.3) is 0 Å². The quantitative estimate of drug-likeness (QED) is 0.838. The summed E-state index contributed by atoms with van der Waals surface area (Å²) < 4.78 is 38.8. The third-order valence-electron chi connectivity index (χ3n) is 2.88. The molecular formula is C10H19F3N2S. The second-order valence-electron chi connectivity index (χ2n) is 4.23. The number of nitrogens with zero attached hydrogens (tertiary/aromatic N) is 1. The molecule has 0 aromatic carbocycles. The van der Waals surface area contributed by atoms with Crippen LogP contribution in [0.3, 0.4) is 0 Å². The number of alkyl halides is 3. The normalized spacial score (nSPS) is 27.8. The molecule has 3 atom stereocenters. The maximum Gasteiger partial charge on any atom is 0.405 e. The van der Waals surface area contributed by atoms with E-state index in [1.807, 2.05) is 6.92 Å². The minimum Gasteiger partial charge on any atom is -0.326 e. The molecule has 1 saturated heterocycles. The fourth-order valence-electron chi connectivity index (χ4n) is 2.04. The first-order valence-corrected chi connectivity index (χ1v) is 6.59. The van der Waals surface area contributed by atoms with Crippen LogP contribution in [0.2, 0.25) is 0 Å². The van der Waals surface area contributed by atoms with Gasteiger partial charge in [0.2, 0.25) is 0 Å². The molecule has 2 N–H and O–H groups in total. The summed E-state index contributed by atoms with van der Waals surface area (Å²) in [7, 11) is 0. The van der Waals surface area contributed by atoms with Gasteiger partial charge in [-0.15, -0.1) is 0 Å². The summed E-state index contributed by atoms with van der Waals surface area (Å²) in [6.07, 6.45) is -3.88. The number of hydrogen-bond acceptors (Lipinski definition) is 3. The zero-order chi connectivity index (χ0) is 12.3. The Morgan fingerprint density at radius 2 is 2.12 bits per heavy atom. The molecule has 0 radical (unpaired) electrons. The SMILES string of the molecule is CCC(N)C(N1CCSC(C)C1)C(F)(F)F. The van der Waals surface area contributed by atoms with E-state index in [0.29, 0.717) is 19.5 Å². The van der Waals surface area contributed by atoms with E-state index in [4.69, 9.17) is 5.73 Å². The molecule has 3 unspecified atom stereocenters. The van der Waals surface area contributed by atoms with Gasteiger partial charge < -0.3 is 5.73 Å². The van der Waals surface area contributed by atoms with E-state index in [2.05, 4.69) is 0 Å². The largest absolute Gasteiger partial charge is 0.405 e. The van der Waals surface area contributed by atoms with E-state index in [1.165, 1.54) is 4.90 Å². The maximum absolute atomic E-state index is 12.9. The maximum atomic E-state index is 12.9. The molecule has 1 fully saturated rings. The Labute approximate surface area is 98.7 Å². The third-order valence-corrected chi connectivity index (χ3v) is 4.01. The minimum absolute atomic E-state index is 0.252. The van der Waals surface area contributed by atoms with Crippen LogP contribution >= 0.6 is 11.8 Å². The second-order valence-corrected chi connectivity index (χ2v) is 5.78. The highest BCUT2D eigenvalue weighted by atomic mass is 32.2. The van der Waals surface area contributed by atoms with Gasteiger partial charge in [0.25, 0.3) is 0 Å². The molecule has 96 valence electrons. The van der Waals surface area contributed by atoms with Crippen molar-refractivity contribution in [2.75, 3.05) is 18.8 Å². The van der Waals surface area contributed by atoms with Crippen molar-refractivity contribution in [3.8, 4) is 0 Å². The van der Waals surface area contributed by atoms with Crippen LogP contribution in [0.5, 0.6) is 0 Å². The Morgan fingerprint density at radius 3 is 2.56 bits per heavy atom. The molecular weight excluding hydrogens is 237 g/mol. The van der Waals surface area contributed by atoms with Crippen molar-refractivity contribution >= 4 is 11.8 Å². The van der Waals surface area contributed by atoms with E-state index in [9.17, 15) is 13.2 Å². The Bertz CT molecular complexity index is 223. The van der Waals surface area contributed by atoms with Gasteiger partial charge in [0.1, 0.15) is 6.04 Å². The van der Waals surface area contributed by atoms with Gasteiger partial charge in [0.15, 0.2) is 0 Å². The predicted molar refractivity (Wildman–Crippen MR) is 61.6 cm³/mol. The summed E-state index contributed by atoms with van der Waals surface area (Å²) in [5.74, 6) is 0.754. The van der Waals surface area contributed by atoms with Gasteiger partial charge >= 0.3 is 6.18 Å². The van der Waals surface area contributed by atoms with E-state index in [-0.39, 0.29) is 5.25 Å². The fraction of sp³-hybridized carbons (Fsp3) is 1.00. The van der Waals surface area contributed by atoms with Crippen LogP contribution in [0.1, 0.15) is 20.3 Å². The number of nitrogens with two attached hydrogens (primary N) is 1. The smallest absolute Gasteiger partial charge is 0.326 e. The van der Waals surface area contributed by atoms with Crippen molar-refractivity contribution in [2.45, 2.75) is 43.8 Å². The number of thioether (sulfide) groups is 1. The van der Waals surface area contributed by atoms with Gasteiger partial charge in [-0.2, -0.15) is 24.9 Å². The van der Waals surface area contributed by atoms with Crippen molar-refractivity contribution in [2.24, 2.45) is 5.73 Å². The van der Waals surface area contributed by atoms with Crippen LogP contribution in [0, 0.1) is 0 Å². The molecule has 16 heavy (non-hydrogen) atoms. The summed E-state index contributed by atoms with van der Waals surface area (Å²) in [5, 5.41) is 0.252. The van der Waals surface area contributed by atoms with Crippen LogP contribution < -0.4 is 5.73 Å². The van der Waals surface area contributed by atoms with E-state index in [0.717, 1.165) is 5.75 Å². The molecule has 0 aromatic rings. The molecule has 0 spiro atoms. The lowest BCUT2D eigenvalue weighted by molar-refractivity contribution is -0.189. The molecule has 1 aliphatic rings. The van der Waals surface area contributed by atoms with Crippen molar-refractivity contribution in [3.05, 3.63) is 0 Å². The summed E-state index contributed by atoms with van der Waals surface area (Å²) in [6.45, 7) is 4.61. The summed E-state index contributed by atoms with van der Waals surface area (Å²) in [6, 6.07) is -2.31. The zero-order valence-electron chi connectivity index (χ0n) is 9.63. The second kappa shape index (κ2) is 5.60. The Balaban J connectivity index is 2.75. The predicted octanol–water partition coefficient (Wildman–Crippen LogP) is 2.09. The number of hydrogen-bond donors (Lipinski definition) is 1. The van der Waals surface area contributed by atoms with Gasteiger partial charge in [0.05, 0.1) is 0 Å². The first-order chi connectivity index (χ1) is 7.36. The van der Waals surface area contributed by atoms with Crippen molar-refractivity contribution in [1.29, 1.82) is 0 Å². The molecule has 2 nitrogen and oxygen atoms in total. The van der Waals surface area contributed by atoms with Crippen LogP contribution in [-0.4, -0.2) is 47.3 Å². The van der Waals surface area contributed by atoms with Gasteiger partial charge in [-0.1, -0.05) is 13.8 Å². The summed E-state index contributed by atoms with van der Waals surface area (Å²) in [5.41, 5.74) is 5.61. The molecule has 0 bridgehead atoms. The lowest BCUT2D eigenvalue weighted by Crippen LogP contribution is -2.58. The Kier molecular flexibility index (Phi) is 4.94. The molecule has 6 heteroatoms. The van der Waals surface area contributed by atoms with Crippen LogP contribution in [0.15, 0.2) is 0 Å². The van der Waals surface area contributed by atoms with E-state index in [1.54, 1.807) is 18.7 Å². The summed E-state index contributed by atoms with van der Waals surface area (Å²) in [4.78, 5) is 1.50. The molecule has 0 aliphatic carbocycles. The molecule has 1 heterocycles. The number of rotatable bonds is 3. The number of halogens is 3. The average Bonchev–Trinajstić information content (AvgIpc) is 2.15. The topological polar surface area (TPSA) is 29.3 Å². The lowest BCUT2D eigenvalue weighted by atomic mass is 10.0. The summed E-state index contributed by atoms with van der Waals surface area (Å²) >= 11 is 1.72. The molecule has 1 rings (SSSR count). The fourth-order valence-corrected chi connectivity index (χ4v) is 3.08. The zero-order valence-corrected chi connectivity index (χ0v) is 10.4. The highest BCUT2D eigenvalue weighted by molar-refractivity contribution is 7.99. The Morgan fingerprint density at radius 1 is 1.50 bits per heavy atom. The van der Waals surface area contributed by atoms with Crippen LogP contribution in [0.4, 0.5) is 13.2 Å². The van der Waals surface area contributed by atoms with Gasteiger partial charge in [0, 0.05) is 30.1 Å².